The number of benzene rings is 2. The van der Waals surface area contributed by atoms with Crippen LogP contribution in [0, 0.1) is 0 Å². The molecular formula is C19H16F3NO3. The molecule has 1 N–H and O–H groups in total. The molecule has 1 amide bonds. The number of anilines is 1. The molecule has 2 aromatic carbocycles. The first-order valence-corrected chi connectivity index (χ1v) is 7.68. The Kier molecular flexibility index (Phi) is 6.16. The van der Waals surface area contributed by atoms with Crippen LogP contribution in [0.5, 0.6) is 0 Å². The fraction of sp³-hybridized carbons (Fsp3) is 0.158. The molecule has 0 radical (unpaired) electrons. The number of amides is 1. The van der Waals surface area contributed by atoms with Crippen LogP contribution in [-0.2, 0) is 20.5 Å². The average molecular weight is 363 g/mol. The molecule has 0 spiro atoms. The van der Waals surface area contributed by atoms with Crippen molar-refractivity contribution in [1.82, 2.24) is 0 Å². The quantitative estimate of drug-likeness (QED) is 0.637. The summed E-state index contributed by atoms with van der Waals surface area (Å²) in [6, 6.07) is 13.5. The van der Waals surface area contributed by atoms with E-state index < -0.39 is 35.4 Å². The molecule has 0 bridgehead atoms. The molecule has 1 atom stereocenters. The summed E-state index contributed by atoms with van der Waals surface area (Å²) in [5.41, 5.74) is -0.607. The Morgan fingerprint density at radius 2 is 1.65 bits per heavy atom. The van der Waals surface area contributed by atoms with Gasteiger partial charge < -0.3 is 10.1 Å². The van der Waals surface area contributed by atoms with Crippen molar-refractivity contribution in [3.05, 3.63) is 71.8 Å². The maximum atomic E-state index is 12.9. The first-order valence-electron chi connectivity index (χ1n) is 7.68. The molecule has 26 heavy (non-hydrogen) atoms. The molecule has 0 saturated carbocycles. The average Bonchev–Trinajstić information content (AvgIpc) is 2.60. The van der Waals surface area contributed by atoms with E-state index in [4.69, 9.17) is 4.74 Å². The second-order valence-electron chi connectivity index (χ2n) is 5.36. The van der Waals surface area contributed by atoms with E-state index in [-0.39, 0.29) is 0 Å². The summed E-state index contributed by atoms with van der Waals surface area (Å²) >= 11 is 0. The third-order valence-corrected chi connectivity index (χ3v) is 3.36. The molecule has 0 saturated heterocycles. The minimum atomic E-state index is -4.61. The highest BCUT2D eigenvalue weighted by atomic mass is 19.4. The Hall–Kier alpha value is -3.09. The number of hydrogen-bond acceptors (Lipinski definition) is 3. The number of carbonyl (C=O) groups is 2. The maximum Gasteiger partial charge on any atom is 0.418 e. The first kappa shape index (κ1) is 19.2. The summed E-state index contributed by atoms with van der Waals surface area (Å²) in [6.07, 6.45) is -3.22. The summed E-state index contributed by atoms with van der Waals surface area (Å²) in [7, 11) is 0. The van der Waals surface area contributed by atoms with Crippen LogP contribution in [0.1, 0.15) is 18.1 Å². The number of carbonyl (C=O) groups excluding carboxylic acids is 2. The molecule has 0 fully saturated rings. The van der Waals surface area contributed by atoms with Crippen LogP contribution in [0.2, 0.25) is 0 Å². The number of esters is 1. The van der Waals surface area contributed by atoms with Crippen molar-refractivity contribution in [2.24, 2.45) is 0 Å². The van der Waals surface area contributed by atoms with E-state index in [1.807, 2.05) is 6.07 Å². The summed E-state index contributed by atoms with van der Waals surface area (Å²) in [4.78, 5) is 23.8. The highest BCUT2D eigenvalue weighted by Crippen LogP contribution is 2.34. The summed E-state index contributed by atoms with van der Waals surface area (Å²) in [6.45, 7) is 1.28. The fourth-order valence-electron chi connectivity index (χ4n) is 2.07. The van der Waals surface area contributed by atoms with Gasteiger partial charge in [-0.2, -0.15) is 13.2 Å². The molecule has 4 nitrogen and oxygen atoms in total. The zero-order valence-corrected chi connectivity index (χ0v) is 13.8. The van der Waals surface area contributed by atoms with Crippen molar-refractivity contribution in [2.75, 3.05) is 5.32 Å². The van der Waals surface area contributed by atoms with Gasteiger partial charge in [0.15, 0.2) is 6.10 Å². The summed E-state index contributed by atoms with van der Waals surface area (Å²) in [5.74, 6) is -1.64. The largest absolute Gasteiger partial charge is 0.449 e. The minimum absolute atomic E-state index is 0.396. The van der Waals surface area contributed by atoms with E-state index in [0.717, 1.165) is 23.8 Å². The monoisotopic (exact) mass is 363 g/mol. The molecule has 1 unspecified atom stereocenters. The highest BCUT2D eigenvalue weighted by molar-refractivity contribution is 5.97. The molecule has 136 valence electrons. The molecule has 0 aliphatic rings. The van der Waals surface area contributed by atoms with Gasteiger partial charge in [-0.25, -0.2) is 4.79 Å². The predicted molar refractivity (Wildman–Crippen MR) is 91.1 cm³/mol. The van der Waals surface area contributed by atoms with Crippen molar-refractivity contribution in [3.8, 4) is 0 Å². The number of hydrogen-bond donors (Lipinski definition) is 1. The molecule has 0 aliphatic carbocycles. The molecule has 2 rings (SSSR count). The van der Waals surface area contributed by atoms with Crippen LogP contribution in [0.3, 0.4) is 0 Å². The van der Waals surface area contributed by atoms with Crippen LogP contribution in [0.25, 0.3) is 6.08 Å². The standard InChI is InChI=1S/C19H16F3NO3/c1-13(26-17(24)12-11-14-7-3-2-4-8-14)18(25)23-16-10-6-5-9-15(16)19(20,21)22/h2-13H,1H3,(H,23,25)/b12-11+. The van der Waals surface area contributed by atoms with E-state index >= 15 is 0 Å². The van der Waals surface area contributed by atoms with Crippen molar-refractivity contribution in [3.63, 3.8) is 0 Å². The fourth-order valence-corrected chi connectivity index (χ4v) is 2.07. The van der Waals surface area contributed by atoms with E-state index in [0.29, 0.717) is 0 Å². The van der Waals surface area contributed by atoms with Crippen molar-refractivity contribution in [1.29, 1.82) is 0 Å². The van der Waals surface area contributed by atoms with Crippen LogP contribution in [0.15, 0.2) is 60.7 Å². The van der Waals surface area contributed by atoms with E-state index in [1.165, 1.54) is 25.1 Å². The Balaban J connectivity index is 1.98. The molecule has 0 heterocycles. The van der Waals surface area contributed by atoms with Gasteiger partial charge >= 0.3 is 12.1 Å². The smallest absolute Gasteiger partial charge is 0.418 e. The van der Waals surface area contributed by atoms with E-state index in [9.17, 15) is 22.8 Å². The Morgan fingerprint density at radius 3 is 2.31 bits per heavy atom. The van der Waals surface area contributed by atoms with Gasteiger partial charge in [-0.1, -0.05) is 42.5 Å². The SMILES string of the molecule is CC(OC(=O)/C=C/c1ccccc1)C(=O)Nc1ccccc1C(F)(F)F. The lowest BCUT2D eigenvalue weighted by Gasteiger charge is -2.16. The normalized spacial score (nSPS) is 12.6. The minimum Gasteiger partial charge on any atom is -0.449 e. The number of rotatable bonds is 5. The van der Waals surface area contributed by atoms with Crippen LogP contribution >= 0.6 is 0 Å². The number of halogens is 3. The van der Waals surface area contributed by atoms with Gasteiger partial charge in [-0.05, 0) is 30.7 Å². The molecule has 2 aromatic rings. The molecule has 0 aromatic heterocycles. The Bertz CT molecular complexity index is 801. The second-order valence-corrected chi connectivity index (χ2v) is 5.36. The number of para-hydroxylation sites is 1. The number of nitrogens with one attached hydrogen (secondary N) is 1. The van der Waals surface area contributed by atoms with Gasteiger partial charge in [0, 0.05) is 6.08 Å². The van der Waals surface area contributed by atoms with Crippen LogP contribution in [0.4, 0.5) is 18.9 Å². The van der Waals surface area contributed by atoms with Crippen molar-refractivity contribution < 1.29 is 27.5 Å². The maximum absolute atomic E-state index is 12.9. The van der Waals surface area contributed by atoms with Crippen LogP contribution in [-0.4, -0.2) is 18.0 Å². The highest BCUT2D eigenvalue weighted by Gasteiger charge is 2.34. The third kappa shape index (κ3) is 5.47. The lowest BCUT2D eigenvalue weighted by atomic mass is 10.1. The van der Waals surface area contributed by atoms with Gasteiger partial charge in [0.1, 0.15) is 0 Å². The lowest BCUT2D eigenvalue weighted by Crippen LogP contribution is -2.30. The van der Waals surface area contributed by atoms with Gasteiger partial charge in [-0.15, -0.1) is 0 Å². The van der Waals surface area contributed by atoms with Gasteiger partial charge in [-0.3, -0.25) is 4.79 Å². The third-order valence-electron chi connectivity index (χ3n) is 3.36. The van der Waals surface area contributed by atoms with Gasteiger partial charge in [0.2, 0.25) is 0 Å². The Morgan fingerprint density at radius 1 is 1.04 bits per heavy atom. The van der Waals surface area contributed by atoms with Crippen molar-refractivity contribution >= 4 is 23.6 Å². The summed E-state index contributed by atoms with van der Waals surface area (Å²) in [5, 5.41) is 2.14. The zero-order valence-electron chi connectivity index (χ0n) is 13.8. The Labute approximate surface area is 148 Å². The molecule has 7 heteroatoms. The molecule has 0 aliphatic heterocycles. The van der Waals surface area contributed by atoms with Gasteiger partial charge in [0.25, 0.3) is 5.91 Å². The second kappa shape index (κ2) is 8.33. The van der Waals surface area contributed by atoms with E-state index in [1.54, 1.807) is 24.3 Å². The van der Waals surface area contributed by atoms with Crippen molar-refractivity contribution in [2.45, 2.75) is 19.2 Å². The first-order chi connectivity index (χ1) is 12.3. The van der Waals surface area contributed by atoms with Crippen LogP contribution < -0.4 is 5.32 Å². The predicted octanol–water partition coefficient (Wildman–Crippen LogP) is 4.29. The summed E-state index contributed by atoms with van der Waals surface area (Å²) < 4.78 is 43.7. The number of alkyl halides is 3. The zero-order chi connectivity index (χ0) is 19.2. The number of ether oxygens (including phenoxy) is 1. The van der Waals surface area contributed by atoms with E-state index in [2.05, 4.69) is 5.32 Å². The lowest BCUT2D eigenvalue weighted by molar-refractivity contribution is -0.148. The topological polar surface area (TPSA) is 55.4 Å². The van der Waals surface area contributed by atoms with Gasteiger partial charge in [0.05, 0.1) is 11.3 Å². The molecular weight excluding hydrogens is 347 g/mol.